The third-order valence-corrected chi connectivity index (χ3v) is 6.22. The van der Waals surface area contributed by atoms with Gasteiger partial charge >= 0.3 is 0 Å². The lowest BCUT2D eigenvalue weighted by molar-refractivity contribution is 0.686. The van der Waals surface area contributed by atoms with Gasteiger partial charge in [0.05, 0.1) is 0 Å². The number of hydrogen-bond donors (Lipinski definition) is 0. The van der Waals surface area contributed by atoms with Gasteiger partial charge < -0.3 is 0 Å². The fraction of sp³-hybridized carbons (Fsp3) is 0.200. The van der Waals surface area contributed by atoms with Gasteiger partial charge in [0.1, 0.15) is 17.7 Å². The number of rotatable bonds is 1. The Morgan fingerprint density at radius 3 is 2.04 bits per heavy atom. The Bertz CT molecular complexity index is 1160. The van der Waals surface area contributed by atoms with E-state index in [1.165, 1.54) is 32.7 Å². The molecule has 0 aromatic heterocycles. The van der Waals surface area contributed by atoms with Crippen LogP contribution in [0.3, 0.4) is 0 Å². The van der Waals surface area contributed by atoms with Crippen molar-refractivity contribution in [2.75, 3.05) is 0 Å². The molecule has 2 fully saturated rings. The summed E-state index contributed by atoms with van der Waals surface area (Å²) in [4.78, 5) is 0. The van der Waals surface area contributed by atoms with Crippen molar-refractivity contribution >= 4 is 27.6 Å². The molecule has 2 saturated carbocycles. The number of nitriles is 2. The summed E-state index contributed by atoms with van der Waals surface area (Å²) in [6.07, 6.45) is 5.32. The van der Waals surface area contributed by atoms with Crippen LogP contribution in [-0.2, 0) is 0 Å². The van der Waals surface area contributed by atoms with Crippen molar-refractivity contribution in [3.05, 3.63) is 76.9 Å². The number of fused-ring (bicyclic) bond motifs is 4. The molecule has 0 radical (unpaired) electrons. The van der Waals surface area contributed by atoms with Crippen molar-refractivity contribution in [1.29, 1.82) is 10.5 Å². The van der Waals surface area contributed by atoms with Crippen LogP contribution < -0.4 is 0 Å². The number of benzene rings is 3. The number of allylic oxidation sites excluding steroid dienone is 3. The van der Waals surface area contributed by atoms with Gasteiger partial charge in [-0.05, 0) is 69.8 Å². The van der Waals surface area contributed by atoms with Gasteiger partial charge in [-0.15, -0.1) is 0 Å². The van der Waals surface area contributed by atoms with Crippen LogP contribution in [0.15, 0.2) is 71.3 Å². The zero-order valence-electron chi connectivity index (χ0n) is 14.9. The Hall–Kier alpha value is -3.36. The molecule has 2 atom stereocenters. The van der Waals surface area contributed by atoms with Crippen LogP contribution in [0.5, 0.6) is 0 Å². The van der Waals surface area contributed by atoms with Crippen LogP contribution in [0.4, 0.5) is 0 Å². The number of hydrogen-bond acceptors (Lipinski definition) is 2. The van der Waals surface area contributed by atoms with Crippen molar-refractivity contribution in [1.82, 2.24) is 0 Å². The summed E-state index contributed by atoms with van der Waals surface area (Å²) in [5, 5.41) is 23.5. The number of nitrogens with zero attached hydrogens (tertiary/aromatic N) is 2. The fourth-order valence-electron chi connectivity index (χ4n) is 4.98. The molecule has 2 bridgehead atoms. The van der Waals surface area contributed by atoms with E-state index in [-0.39, 0.29) is 0 Å². The maximum Gasteiger partial charge on any atom is 0.129 e. The smallest absolute Gasteiger partial charge is 0.129 e. The first kappa shape index (κ1) is 15.9. The lowest BCUT2D eigenvalue weighted by atomic mass is 9.86. The van der Waals surface area contributed by atoms with Crippen molar-refractivity contribution in [2.45, 2.75) is 19.3 Å². The molecule has 128 valence electrons. The quantitative estimate of drug-likeness (QED) is 0.392. The molecule has 0 amide bonds. The highest BCUT2D eigenvalue weighted by Gasteiger charge is 2.40. The summed E-state index contributed by atoms with van der Waals surface area (Å²) in [5.41, 5.74) is 4.21. The Balaban J connectivity index is 1.65. The summed E-state index contributed by atoms with van der Waals surface area (Å²) in [6.45, 7) is 0. The molecular weight excluding hydrogens is 328 g/mol. The lowest BCUT2D eigenvalue weighted by Crippen LogP contribution is -2.04. The van der Waals surface area contributed by atoms with Gasteiger partial charge in [-0.3, -0.25) is 0 Å². The lowest BCUT2D eigenvalue weighted by Gasteiger charge is -2.18. The van der Waals surface area contributed by atoms with Crippen LogP contribution in [0, 0.1) is 34.5 Å². The Labute approximate surface area is 158 Å². The van der Waals surface area contributed by atoms with Crippen LogP contribution >= 0.6 is 0 Å². The third kappa shape index (κ3) is 2.46. The largest absolute Gasteiger partial charge is 0.192 e. The van der Waals surface area contributed by atoms with Gasteiger partial charge in [-0.2, -0.15) is 10.5 Å². The summed E-state index contributed by atoms with van der Waals surface area (Å²) >= 11 is 0. The highest BCUT2D eigenvalue weighted by Crippen LogP contribution is 2.53. The molecule has 2 aliphatic carbocycles. The Kier molecular flexibility index (Phi) is 3.59. The molecule has 2 nitrogen and oxygen atoms in total. The summed E-state index contributed by atoms with van der Waals surface area (Å²) in [5.74, 6) is 0.844. The molecule has 0 heterocycles. The van der Waals surface area contributed by atoms with Gasteiger partial charge in [0.15, 0.2) is 0 Å². The third-order valence-electron chi connectivity index (χ3n) is 6.22. The second kappa shape index (κ2) is 6.11. The molecule has 0 N–H and O–H groups in total. The second-order valence-corrected chi connectivity index (χ2v) is 7.61. The van der Waals surface area contributed by atoms with Gasteiger partial charge in [-0.25, -0.2) is 0 Å². The molecule has 2 heteroatoms. The van der Waals surface area contributed by atoms with Gasteiger partial charge in [0.25, 0.3) is 0 Å². The van der Waals surface area contributed by atoms with E-state index in [4.69, 9.17) is 0 Å². The van der Waals surface area contributed by atoms with Crippen molar-refractivity contribution in [3.8, 4) is 12.1 Å². The minimum absolute atomic E-state index is 0.345. The standard InChI is InChI=1S/C25H18N2/c26-14-21(15-27)24-12-18-10-20(24)11-19(18)13-25-22-7-3-1-5-16(22)9-17-6-2-4-8-23(17)25/h1-9,13,18,20H,10-12H2/b19-13+/t18-,20-/m1/s1. The summed E-state index contributed by atoms with van der Waals surface area (Å²) in [6, 6.07) is 23.6. The van der Waals surface area contributed by atoms with Crippen LogP contribution in [0.2, 0.25) is 0 Å². The van der Waals surface area contributed by atoms with E-state index in [9.17, 15) is 10.5 Å². The second-order valence-electron chi connectivity index (χ2n) is 7.61. The van der Waals surface area contributed by atoms with Gasteiger partial charge in [-0.1, -0.05) is 60.2 Å². The molecule has 0 unspecified atom stereocenters. The molecular formula is C25H18N2. The van der Waals surface area contributed by atoms with E-state index in [1.54, 1.807) is 0 Å². The molecule has 5 rings (SSSR count). The molecule has 27 heavy (non-hydrogen) atoms. The van der Waals surface area contributed by atoms with E-state index in [0.717, 1.165) is 24.8 Å². The maximum absolute atomic E-state index is 9.21. The summed E-state index contributed by atoms with van der Waals surface area (Å²) < 4.78 is 0. The Morgan fingerprint density at radius 1 is 0.852 bits per heavy atom. The predicted molar refractivity (Wildman–Crippen MR) is 109 cm³/mol. The minimum Gasteiger partial charge on any atom is -0.192 e. The highest BCUT2D eigenvalue weighted by molar-refractivity contribution is 6.06. The average molecular weight is 346 g/mol. The monoisotopic (exact) mass is 346 g/mol. The van der Waals surface area contributed by atoms with Crippen molar-refractivity contribution < 1.29 is 0 Å². The van der Waals surface area contributed by atoms with Crippen LogP contribution in [0.1, 0.15) is 24.8 Å². The first-order valence-corrected chi connectivity index (χ1v) is 9.42. The molecule has 2 aliphatic rings. The minimum atomic E-state index is 0.345. The van der Waals surface area contributed by atoms with E-state index in [2.05, 4.69) is 72.8 Å². The average Bonchev–Trinajstić information content (AvgIpc) is 3.29. The molecule has 3 aromatic carbocycles. The zero-order chi connectivity index (χ0) is 18.4. The zero-order valence-corrected chi connectivity index (χ0v) is 14.9. The van der Waals surface area contributed by atoms with Gasteiger partial charge in [0.2, 0.25) is 0 Å². The first-order valence-electron chi connectivity index (χ1n) is 9.42. The first-order chi connectivity index (χ1) is 13.3. The molecule has 0 aliphatic heterocycles. The SMILES string of the molecule is N#CC(C#N)=C1C[C@H]2C[C@@H]1C/C2=C\c1c2ccccc2cc2ccccc12. The normalized spacial score (nSPS) is 22.3. The van der Waals surface area contributed by atoms with Crippen LogP contribution in [0.25, 0.3) is 27.6 Å². The topological polar surface area (TPSA) is 47.6 Å². The Morgan fingerprint density at radius 2 is 1.48 bits per heavy atom. The van der Waals surface area contributed by atoms with E-state index in [1.807, 2.05) is 0 Å². The van der Waals surface area contributed by atoms with E-state index >= 15 is 0 Å². The predicted octanol–water partition coefficient (Wildman–Crippen LogP) is 6.15. The maximum atomic E-state index is 9.21. The van der Waals surface area contributed by atoms with Gasteiger partial charge in [0, 0.05) is 0 Å². The summed E-state index contributed by atoms with van der Waals surface area (Å²) in [7, 11) is 0. The highest BCUT2D eigenvalue weighted by atomic mass is 14.4. The molecule has 0 spiro atoms. The molecule has 3 aromatic rings. The van der Waals surface area contributed by atoms with Crippen molar-refractivity contribution in [2.24, 2.45) is 11.8 Å². The van der Waals surface area contributed by atoms with E-state index < -0.39 is 0 Å². The van der Waals surface area contributed by atoms with Crippen molar-refractivity contribution in [3.63, 3.8) is 0 Å². The van der Waals surface area contributed by atoms with Crippen LogP contribution in [-0.4, -0.2) is 0 Å². The van der Waals surface area contributed by atoms with E-state index in [0.29, 0.717) is 17.4 Å². The fourth-order valence-corrected chi connectivity index (χ4v) is 4.98. The molecule has 0 saturated heterocycles.